The molecule has 16 heavy (non-hydrogen) atoms. The molecule has 0 atom stereocenters. The van der Waals surface area contributed by atoms with Crippen LogP contribution in [0.25, 0.3) is 0 Å². The van der Waals surface area contributed by atoms with E-state index in [2.05, 4.69) is 36.0 Å². The van der Waals surface area contributed by atoms with Gasteiger partial charge in [-0.25, -0.2) is 0 Å². The first-order valence-corrected chi connectivity index (χ1v) is 5.59. The summed E-state index contributed by atoms with van der Waals surface area (Å²) in [4.78, 5) is 2.22. The lowest BCUT2D eigenvalue weighted by Gasteiger charge is -2.29. The number of aromatic nitrogens is 3. The smallest absolute Gasteiger partial charge is 0.0738 e. The van der Waals surface area contributed by atoms with Gasteiger partial charge in [-0.05, 0) is 5.41 Å². The fraction of sp³-hybridized carbons (Fsp3) is 0.818. The van der Waals surface area contributed by atoms with Crippen LogP contribution in [0.15, 0.2) is 6.20 Å². The maximum Gasteiger partial charge on any atom is 0.0738 e. The molecule has 0 spiro atoms. The van der Waals surface area contributed by atoms with Gasteiger partial charge in [0.15, 0.2) is 0 Å². The molecule has 0 bridgehead atoms. The van der Waals surface area contributed by atoms with Gasteiger partial charge in [-0.15, -0.1) is 5.10 Å². The molecule has 0 aliphatic heterocycles. The molecule has 1 N–H and O–H groups in total. The maximum atomic E-state index is 9.05. The van der Waals surface area contributed by atoms with Gasteiger partial charge < -0.3 is 5.11 Å². The fourth-order valence-electron chi connectivity index (χ4n) is 1.71. The van der Waals surface area contributed by atoms with E-state index in [0.29, 0.717) is 6.54 Å². The van der Waals surface area contributed by atoms with Crippen molar-refractivity contribution < 1.29 is 5.11 Å². The zero-order valence-corrected chi connectivity index (χ0v) is 10.6. The third-order valence-electron chi connectivity index (χ3n) is 2.31. The van der Waals surface area contributed by atoms with E-state index < -0.39 is 0 Å². The van der Waals surface area contributed by atoms with Crippen LogP contribution in [0.5, 0.6) is 0 Å². The van der Waals surface area contributed by atoms with Gasteiger partial charge in [0.1, 0.15) is 0 Å². The van der Waals surface area contributed by atoms with E-state index in [-0.39, 0.29) is 12.0 Å². The first-order chi connectivity index (χ1) is 7.42. The molecular formula is C11H22N4O. The highest BCUT2D eigenvalue weighted by Gasteiger charge is 2.17. The fourth-order valence-corrected chi connectivity index (χ4v) is 1.71. The largest absolute Gasteiger partial charge is 0.395 e. The summed E-state index contributed by atoms with van der Waals surface area (Å²) in [5.41, 5.74) is 1.29. The van der Waals surface area contributed by atoms with Crippen LogP contribution >= 0.6 is 0 Å². The van der Waals surface area contributed by atoms with E-state index in [1.165, 1.54) is 0 Å². The molecule has 5 heteroatoms. The highest BCUT2D eigenvalue weighted by atomic mass is 16.3. The molecule has 92 valence electrons. The summed E-state index contributed by atoms with van der Waals surface area (Å²) < 4.78 is 1.77. The first-order valence-electron chi connectivity index (χ1n) is 5.59. The summed E-state index contributed by atoms with van der Waals surface area (Å²) in [5.74, 6) is 0. The Morgan fingerprint density at radius 1 is 1.44 bits per heavy atom. The normalized spacial score (nSPS) is 12.4. The van der Waals surface area contributed by atoms with Crippen LogP contribution in [0, 0.1) is 5.41 Å². The third kappa shape index (κ3) is 4.28. The van der Waals surface area contributed by atoms with E-state index in [1.807, 2.05) is 7.05 Å². The minimum absolute atomic E-state index is 0.182. The van der Waals surface area contributed by atoms with Crippen molar-refractivity contribution in [2.75, 3.05) is 19.7 Å². The van der Waals surface area contributed by atoms with Gasteiger partial charge in [-0.2, -0.15) is 0 Å². The monoisotopic (exact) mass is 226 g/mol. The molecule has 0 saturated heterocycles. The molecule has 1 rings (SSSR count). The van der Waals surface area contributed by atoms with Crippen molar-refractivity contribution in [2.45, 2.75) is 27.3 Å². The summed E-state index contributed by atoms with van der Waals surface area (Å²) in [6.45, 7) is 9.17. The summed E-state index contributed by atoms with van der Waals surface area (Å²) in [6.07, 6.45) is 1.77. The van der Waals surface area contributed by atoms with Crippen LogP contribution in [0.3, 0.4) is 0 Å². The van der Waals surface area contributed by atoms with Crippen molar-refractivity contribution in [3.05, 3.63) is 11.9 Å². The average molecular weight is 226 g/mol. The highest BCUT2D eigenvalue weighted by Crippen LogP contribution is 2.16. The van der Waals surface area contributed by atoms with Gasteiger partial charge in [-0.3, -0.25) is 9.58 Å². The Kier molecular flexibility index (Phi) is 4.44. The van der Waals surface area contributed by atoms with Crippen LogP contribution in [0.2, 0.25) is 0 Å². The Hall–Kier alpha value is -0.940. The quantitative estimate of drug-likeness (QED) is 0.801. The predicted octanol–water partition coefficient (Wildman–Crippen LogP) is 0.655. The zero-order valence-electron chi connectivity index (χ0n) is 10.6. The Labute approximate surface area is 97.1 Å². The zero-order chi connectivity index (χ0) is 12.2. The van der Waals surface area contributed by atoms with E-state index in [4.69, 9.17) is 5.11 Å². The highest BCUT2D eigenvalue weighted by molar-refractivity contribution is 4.93. The third-order valence-corrected chi connectivity index (χ3v) is 2.31. The molecule has 1 heterocycles. The van der Waals surface area contributed by atoms with Crippen LogP contribution < -0.4 is 0 Å². The van der Waals surface area contributed by atoms with E-state index in [0.717, 1.165) is 18.8 Å². The van der Waals surface area contributed by atoms with Gasteiger partial charge in [0.05, 0.1) is 18.5 Å². The van der Waals surface area contributed by atoms with Crippen molar-refractivity contribution in [3.63, 3.8) is 0 Å². The molecule has 0 aliphatic rings. The Bertz CT molecular complexity index is 316. The molecule has 0 saturated carbocycles. The van der Waals surface area contributed by atoms with Gasteiger partial charge in [0.25, 0.3) is 0 Å². The van der Waals surface area contributed by atoms with Crippen LogP contribution in [-0.4, -0.2) is 44.7 Å². The van der Waals surface area contributed by atoms with Crippen LogP contribution in [0.4, 0.5) is 0 Å². The molecule has 0 fully saturated rings. The van der Waals surface area contributed by atoms with Crippen molar-refractivity contribution in [3.8, 4) is 0 Å². The minimum Gasteiger partial charge on any atom is -0.395 e. The standard InChI is InChI=1S/C11H22N4O/c1-11(2,3)9-15(5-6-16)8-10-7-12-13-14(10)4/h7,16H,5-6,8-9H2,1-4H3. The first kappa shape index (κ1) is 13.1. The Morgan fingerprint density at radius 3 is 2.56 bits per heavy atom. The summed E-state index contributed by atoms with van der Waals surface area (Å²) in [7, 11) is 1.89. The lowest BCUT2D eigenvalue weighted by Crippen LogP contribution is -2.35. The maximum absolute atomic E-state index is 9.05. The topological polar surface area (TPSA) is 54.2 Å². The Morgan fingerprint density at radius 2 is 2.12 bits per heavy atom. The molecular weight excluding hydrogens is 204 g/mol. The van der Waals surface area contributed by atoms with Crippen LogP contribution in [0.1, 0.15) is 26.5 Å². The van der Waals surface area contributed by atoms with Gasteiger partial charge >= 0.3 is 0 Å². The second kappa shape index (κ2) is 5.41. The lowest BCUT2D eigenvalue weighted by atomic mass is 9.96. The number of aliphatic hydroxyl groups is 1. The molecule has 0 aromatic carbocycles. The van der Waals surface area contributed by atoms with E-state index in [9.17, 15) is 0 Å². The van der Waals surface area contributed by atoms with E-state index >= 15 is 0 Å². The number of hydrogen-bond donors (Lipinski definition) is 1. The van der Waals surface area contributed by atoms with Gasteiger partial charge in [-0.1, -0.05) is 26.0 Å². The second-order valence-corrected chi connectivity index (χ2v) is 5.34. The number of nitrogens with zero attached hydrogens (tertiary/aromatic N) is 4. The molecule has 0 amide bonds. The minimum atomic E-state index is 0.182. The summed E-state index contributed by atoms with van der Waals surface area (Å²) >= 11 is 0. The summed E-state index contributed by atoms with van der Waals surface area (Å²) in [6, 6.07) is 0. The van der Waals surface area contributed by atoms with E-state index in [1.54, 1.807) is 10.9 Å². The van der Waals surface area contributed by atoms with Crippen molar-refractivity contribution in [1.29, 1.82) is 0 Å². The Balaban J connectivity index is 2.61. The number of aryl methyl sites for hydroxylation is 1. The molecule has 1 aromatic heterocycles. The second-order valence-electron chi connectivity index (χ2n) is 5.34. The lowest BCUT2D eigenvalue weighted by molar-refractivity contribution is 0.143. The molecule has 1 aromatic rings. The predicted molar refractivity (Wildman–Crippen MR) is 62.8 cm³/mol. The number of aliphatic hydroxyl groups excluding tert-OH is 1. The molecule has 0 radical (unpaired) electrons. The number of hydrogen-bond acceptors (Lipinski definition) is 4. The number of rotatable bonds is 5. The van der Waals surface area contributed by atoms with Crippen molar-refractivity contribution >= 4 is 0 Å². The molecule has 0 aliphatic carbocycles. The van der Waals surface area contributed by atoms with Crippen molar-refractivity contribution in [1.82, 2.24) is 19.9 Å². The average Bonchev–Trinajstić information content (AvgIpc) is 2.49. The van der Waals surface area contributed by atoms with Crippen LogP contribution in [-0.2, 0) is 13.6 Å². The van der Waals surface area contributed by atoms with Gasteiger partial charge in [0, 0.05) is 26.7 Å². The van der Waals surface area contributed by atoms with Crippen molar-refractivity contribution in [2.24, 2.45) is 12.5 Å². The van der Waals surface area contributed by atoms with Gasteiger partial charge in [0.2, 0.25) is 0 Å². The summed E-state index contributed by atoms with van der Waals surface area (Å²) in [5, 5.41) is 16.8. The molecule has 5 nitrogen and oxygen atoms in total. The molecule has 0 unspecified atom stereocenters. The SMILES string of the molecule is Cn1nncc1CN(CCO)CC(C)(C)C.